The Morgan fingerprint density at radius 1 is 1.43 bits per heavy atom. The van der Waals surface area contributed by atoms with Gasteiger partial charge in [-0.2, -0.15) is 4.39 Å². The second kappa shape index (κ2) is 3.25. The number of benzene rings is 1. The van der Waals surface area contributed by atoms with Gasteiger partial charge in [0.2, 0.25) is 5.82 Å². The third-order valence-electron chi connectivity index (χ3n) is 1.98. The van der Waals surface area contributed by atoms with Crippen molar-refractivity contribution in [2.75, 3.05) is 18.5 Å². The molecule has 0 spiro atoms. The van der Waals surface area contributed by atoms with Crippen LogP contribution in [0.2, 0.25) is 0 Å². The summed E-state index contributed by atoms with van der Waals surface area (Å²) in [4.78, 5) is 10.4. The maximum Gasteiger partial charge on any atom is 0.203 e. The van der Waals surface area contributed by atoms with Gasteiger partial charge in [0.25, 0.3) is 0 Å². The summed E-state index contributed by atoms with van der Waals surface area (Å²) in [6.45, 7) is 0.792. The lowest BCUT2D eigenvalue weighted by molar-refractivity contribution is 0.111. The minimum atomic E-state index is -1.16. The minimum absolute atomic E-state index is 0.153. The number of fused-ring (bicyclic) bond motifs is 1. The lowest BCUT2D eigenvalue weighted by Crippen LogP contribution is -2.20. The monoisotopic (exact) mass is 199 g/mol. The number of rotatable bonds is 1. The zero-order chi connectivity index (χ0) is 10.1. The van der Waals surface area contributed by atoms with Crippen LogP contribution in [0.5, 0.6) is 5.75 Å². The fourth-order valence-corrected chi connectivity index (χ4v) is 1.33. The van der Waals surface area contributed by atoms with Crippen LogP contribution in [-0.4, -0.2) is 19.4 Å². The van der Waals surface area contributed by atoms with E-state index in [-0.39, 0.29) is 24.2 Å². The molecule has 1 aliphatic heterocycles. The van der Waals surface area contributed by atoms with E-state index in [4.69, 9.17) is 4.74 Å². The maximum absolute atomic E-state index is 13.2. The van der Waals surface area contributed by atoms with Gasteiger partial charge >= 0.3 is 0 Å². The Kier molecular flexibility index (Phi) is 2.07. The van der Waals surface area contributed by atoms with Gasteiger partial charge in [0.05, 0.1) is 11.3 Å². The first-order chi connectivity index (χ1) is 6.74. The highest BCUT2D eigenvalue weighted by atomic mass is 19.2. The Labute approximate surface area is 78.7 Å². The average molecular weight is 199 g/mol. The number of aldehydes is 1. The van der Waals surface area contributed by atoms with Gasteiger partial charge in [0.1, 0.15) is 6.61 Å². The summed E-state index contributed by atoms with van der Waals surface area (Å²) >= 11 is 0. The summed E-state index contributed by atoms with van der Waals surface area (Å²) in [5, 5.41) is 2.81. The summed E-state index contributed by atoms with van der Waals surface area (Å²) < 4.78 is 31.2. The molecule has 0 atom stereocenters. The summed E-state index contributed by atoms with van der Waals surface area (Å²) in [6, 6.07) is 1.24. The van der Waals surface area contributed by atoms with E-state index in [2.05, 4.69) is 5.32 Å². The van der Waals surface area contributed by atoms with Crippen molar-refractivity contribution >= 4 is 12.0 Å². The van der Waals surface area contributed by atoms with E-state index < -0.39 is 11.6 Å². The first-order valence-electron chi connectivity index (χ1n) is 4.08. The summed E-state index contributed by atoms with van der Waals surface area (Å²) in [5.74, 6) is -2.43. The molecule has 1 heterocycles. The van der Waals surface area contributed by atoms with Gasteiger partial charge in [-0.3, -0.25) is 4.79 Å². The van der Waals surface area contributed by atoms with Crippen molar-refractivity contribution in [3.63, 3.8) is 0 Å². The molecular weight excluding hydrogens is 192 g/mol. The van der Waals surface area contributed by atoms with Crippen molar-refractivity contribution in [3.05, 3.63) is 23.3 Å². The number of carbonyl (C=O) groups is 1. The highest BCUT2D eigenvalue weighted by molar-refractivity contribution is 5.79. The quantitative estimate of drug-likeness (QED) is 0.698. The lowest BCUT2D eigenvalue weighted by Gasteiger charge is -2.20. The highest BCUT2D eigenvalue weighted by Crippen LogP contribution is 2.33. The van der Waals surface area contributed by atoms with Crippen LogP contribution in [0.15, 0.2) is 6.07 Å². The second-order valence-electron chi connectivity index (χ2n) is 2.86. The molecule has 1 N–H and O–H groups in total. The summed E-state index contributed by atoms with van der Waals surface area (Å²) in [6.07, 6.45) is 0.273. The number of halogens is 2. The molecule has 1 aromatic carbocycles. The van der Waals surface area contributed by atoms with E-state index in [1.54, 1.807) is 0 Å². The summed E-state index contributed by atoms with van der Waals surface area (Å²) in [7, 11) is 0. The van der Waals surface area contributed by atoms with Crippen molar-refractivity contribution in [1.82, 2.24) is 0 Å². The molecule has 5 heteroatoms. The smallest absolute Gasteiger partial charge is 0.203 e. The number of carbonyl (C=O) groups excluding carboxylic acids is 1. The third-order valence-corrected chi connectivity index (χ3v) is 1.98. The van der Waals surface area contributed by atoms with Crippen molar-refractivity contribution in [2.45, 2.75) is 0 Å². The van der Waals surface area contributed by atoms with E-state index in [1.807, 2.05) is 0 Å². The average Bonchev–Trinajstić information content (AvgIpc) is 2.23. The van der Waals surface area contributed by atoms with Crippen molar-refractivity contribution in [3.8, 4) is 5.75 Å². The van der Waals surface area contributed by atoms with Crippen LogP contribution < -0.4 is 10.1 Å². The molecule has 14 heavy (non-hydrogen) atoms. The molecule has 0 aliphatic carbocycles. The molecule has 1 aliphatic rings. The van der Waals surface area contributed by atoms with Crippen LogP contribution in [0.4, 0.5) is 14.5 Å². The standard InChI is InChI=1S/C9H7F2NO2/c10-7-5(4-13)3-6-9(8(7)11)14-2-1-12-6/h3-4,12H,1-2H2. The molecule has 0 saturated heterocycles. The van der Waals surface area contributed by atoms with E-state index in [1.165, 1.54) is 6.07 Å². The van der Waals surface area contributed by atoms with Gasteiger partial charge in [-0.15, -0.1) is 0 Å². The molecule has 3 nitrogen and oxygen atoms in total. The van der Waals surface area contributed by atoms with Crippen molar-refractivity contribution in [2.24, 2.45) is 0 Å². The van der Waals surface area contributed by atoms with E-state index in [0.29, 0.717) is 12.2 Å². The normalized spacial score (nSPS) is 13.9. The fourth-order valence-electron chi connectivity index (χ4n) is 1.33. The largest absolute Gasteiger partial charge is 0.486 e. The Balaban J connectivity index is 2.62. The van der Waals surface area contributed by atoms with Gasteiger partial charge in [-0.1, -0.05) is 0 Å². The molecule has 74 valence electrons. The molecule has 0 radical (unpaired) electrons. The number of hydrogen-bond donors (Lipinski definition) is 1. The van der Waals surface area contributed by atoms with Gasteiger partial charge in [-0.05, 0) is 6.07 Å². The van der Waals surface area contributed by atoms with Gasteiger partial charge < -0.3 is 10.1 Å². The molecule has 0 unspecified atom stereocenters. The van der Waals surface area contributed by atoms with Crippen LogP contribution in [0, 0.1) is 11.6 Å². The highest BCUT2D eigenvalue weighted by Gasteiger charge is 2.21. The van der Waals surface area contributed by atoms with Crippen LogP contribution in [-0.2, 0) is 0 Å². The molecule has 0 aromatic heterocycles. The van der Waals surface area contributed by atoms with Crippen LogP contribution >= 0.6 is 0 Å². The Morgan fingerprint density at radius 3 is 2.93 bits per heavy atom. The predicted molar refractivity (Wildman–Crippen MR) is 45.7 cm³/mol. The Bertz CT molecular complexity index is 393. The van der Waals surface area contributed by atoms with Gasteiger partial charge in [-0.25, -0.2) is 4.39 Å². The molecule has 0 saturated carbocycles. The van der Waals surface area contributed by atoms with Crippen molar-refractivity contribution in [1.29, 1.82) is 0 Å². The molecular formula is C9H7F2NO2. The Hall–Kier alpha value is -1.65. The van der Waals surface area contributed by atoms with Crippen LogP contribution in [0.3, 0.4) is 0 Å². The third kappa shape index (κ3) is 1.21. The first-order valence-corrected chi connectivity index (χ1v) is 4.08. The number of anilines is 1. The Morgan fingerprint density at radius 2 is 2.21 bits per heavy atom. The molecule has 1 aromatic rings. The lowest BCUT2D eigenvalue weighted by atomic mass is 10.1. The second-order valence-corrected chi connectivity index (χ2v) is 2.86. The maximum atomic E-state index is 13.2. The van der Waals surface area contributed by atoms with Crippen molar-refractivity contribution < 1.29 is 18.3 Å². The van der Waals surface area contributed by atoms with Gasteiger partial charge in [0, 0.05) is 6.54 Å². The van der Waals surface area contributed by atoms with Crippen LogP contribution in [0.1, 0.15) is 10.4 Å². The zero-order valence-electron chi connectivity index (χ0n) is 7.14. The molecule has 2 rings (SSSR count). The number of nitrogens with one attached hydrogen (secondary N) is 1. The van der Waals surface area contributed by atoms with E-state index >= 15 is 0 Å². The SMILES string of the molecule is O=Cc1cc2c(c(F)c1F)OCCN2. The number of ether oxygens (including phenoxy) is 1. The topological polar surface area (TPSA) is 38.3 Å². The first kappa shape index (κ1) is 8.93. The zero-order valence-corrected chi connectivity index (χ0v) is 7.14. The summed E-state index contributed by atoms with van der Waals surface area (Å²) in [5.41, 5.74) is 0.0106. The fraction of sp³-hybridized carbons (Fsp3) is 0.222. The van der Waals surface area contributed by atoms with E-state index in [0.717, 1.165) is 0 Å². The molecule has 0 bridgehead atoms. The van der Waals surface area contributed by atoms with E-state index in [9.17, 15) is 13.6 Å². The predicted octanol–water partition coefficient (Wildman–Crippen LogP) is 1.58. The van der Waals surface area contributed by atoms with Crippen LogP contribution in [0.25, 0.3) is 0 Å². The number of hydrogen-bond acceptors (Lipinski definition) is 3. The minimum Gasteiger partial charge on any atom is -0.486 e. The molecule has 0 fully saturated rings. The van der Waals surface area contributed by atoms with Gasteiger partial charge in [0.15, 0.2) is 17.9 Å². The molecule has 0 amide bonds.